The number of ketones is 1. The molecule has 0 unspecified atom stereocenters. The van der Waals surface area contributed by atoms with Gasteiger partial charge in [0, 0.05) is 5.75 Å². The van der Waals surface area contributed by atoms with Crippen LogP contribution in [0.25, 0.3) is 0 Å². The Balaban J connectivity index is 2.09. The lowest BCUT2D eigenvalue weighted by Crippen LogP contribution is -2.43. The molecule has 0 spiro atoms. The molecule has 0 bridgehead atoms. The van der Waals surface area contributed by atoms with E-state index >= 15 is 0 Å². The summed E-state index contributed by atoms with van der Waals surface area (Å²) in [7, 11) is 0. The van der Waals surface area contributed by atoms with Gasteiger partial charge in [-0.05, 0) is 12.5 Å². The van der Waals surface area contributed by atoms with Gasteiger partial charge < -0.3 is 16.0 Å². The van der Waals surface area contributed by atoms with E-state index < -0.39 is 11.8 Å². The van der Waals surface area contributed by atoms with Crippen molar-refractivity contribution in [3.8, 4) is 0 Å². The molecule has 0 heterocycles. The SMILES string of the molecule is CC(=O)CNC(=O)CNC(=O)CNC(=O)CSCc1ccccc1. The van der Waals surface area contributed by atoms with Crippen LogP contribution in [-0.2, 0) is 24.9 Å². The van der Waals surface area contributed by atoms with Crippen LogP contribution in [0, 0.1) is 0 Å². The van der Waals surface area contributed by atoms with Crippen LogP contribution < -0.4 is 16.0 Å². The highest BCUT2D eigenvalue weighted by Crippen LogP contribution is 2.10. The molecule has 0 saturated carbocycles. The van der Waals surface area contributed by atoms with E-state index in [-0.39, 0.29) is 37.1 Å². The summed E-state index contributed by atoms with van der Waals surface area (Å²) in [5.41, 5.74) is 1.13. The topological polar surface area (TPSA) is 104 Å². The second-order valence-corrected chi connectivity index (χ2v) is 6.00. The molecule has 24 heavy (non-hydrogen) atoms. The molecule has 1 rings (SSSR count). The van der Waals surface area contributed by atoms with E-state index in [1.165, 1.54) is 18.7 Å². The zero-order valence-corrected chi connectivity index (χ0v) is 14.3. The summed E-state index contributed by atoms with van der Waals surface area (Å²) in [4.78, 5) is 45.1. The zero-order valence-electron chi connectivity index (χ0n) is 13.5. The van der Waals surface area contributed by atoms with Gasteiger partial charge in [0.1, 0.15) is 5.78 Å². The number of carbonyl (C=O) groups excluding carboxylic acids is 4. The van der Waals surface area contributed by atoms with Gasteiger partial charge in [0.05, 0.1) is 25.4 Å². The molecule has 8 heteroatoms. The van der Waals surface area contributed by atoms with Crippen LogP contribution >= 0.6 is 11.8 Å². The lowest BCUT2D eigenvalue weighted by atomic mass is 10.2. The first kappa shape index (κ1) is 19.7. The number of benzene rings is 1. The van der Waals surface area contributed by atoms with Gasteiger partial charge in [0.2, 0.25) is 17.7 Å². The molecule has 1 aromatic carbocycles. The number of hydrogen-bond acceptors (Lipinski definition) is 5. The normalized spacial score (nSPS) is 9.88. The lowest BCUT2D eigenvalue weighted by molar-refractivity contribution is -0.127. The van der Waals surface area contributed by atoms with Gasteiger partial charge in [-0.2, -0.15) is 0 Å². The molecule has 0 saturated heterocycles. The summed E-state index contributed by atoms with van der Waals surface area (Å²) in [5, 5.41) is 7.20. The molecule has 7 nitrogen and oxygen atoms in total. The third-order valence-corrected chi connectivity index (χ3v) is 3.78. The first-order valence-electron chi connectivity index (χ1n) is 7.38. The second-order valence-electron chi connectivity index (χ2n) is 5.01. The Kier molecular flexibility index (Phi) is 9.21. The van der Waals surface area contributed by atoms with Gasteiger partial charge in [0.15, 0.2) is 0 Å². The van der Waals surface area contributed by atoms with Crippen LogP contribution in [0.3, 0.4) is 0 Å². The van der Waals surface area contributed by atoms with Crippen molar-refractivity contribution >= 4 is 35.3 Å². The number of nitrogens with one attached hydrogen (secondary N) is 3. The van der Waals surface area contributed by atoms with E-state index in [1.807, 2.05) is 30.3 Å². The lowest BCUT2D eigenvalue weighted by Gasteiger charge is -2.07. The summed E-state index contributed by atoms with van der Waals surface area (Å²) in [6, 6.07) is 9.77. The molecule has 130 valence electrons. The zero-order chi connectivity index (χ0) is 17.8. The fourth-order valence-corrected chi connectivity index (χ4v) is 2.41. The molecule has 0 aromatic heterocycles. The fourth-order valence-electron chi connectivity index (χ4n) is 1.59. The largest absolute Gasteiger partial charge is 0.348 e. The summed E-state index contributed by atoms with van der Waals surface area (Å²) in [6.07, 6.45) is 0. The predicted molar refractivity (Wildman–Crippen MR) is 92.3 cm³/mol. The number of hydrogen-bond donors (Lipinski definition) is 3. The second kappa shape index (κ2) is 11.2. The van der Waals surface area contributed by atoms with Crippen LogP contribution in [0.1, 0.15) is 12.5 Å². The van der Waals surface area contributed by atoms with Crippen LogP contribution in [0.2, 0.25) is 0 Å². The van der Waals surface area contributed by atoms with Crippen molar-refractivity contribution in [2.75, 3.05) is 25.4 Å². The standard InChI is InChI=1S/C16H21N3O4S/c1-12(20)7-17-14(21)8-18-15(22)9-19-16(23)11-24-10-13-5-3-2-4-6-13/h2-6H,7-11H2,1H3,(H,17,21)(H,18,22)(H,19,23). The number of rotatable bonds is 10. The van der Waals surface area contributed by atoms with Gasteiger partial charge in [0.25, 0.3) is 0 Å². The molecular formula is C16H21N3O4S. The van der Waals surface area contributed by atoms with Crippen molar-refractivity contribution in [1.82, 2.24) is 16.0 Å². The van der Waals surface area contributed by atoms with E-state index in [9.17, 15) is 19.2 Å². The van der Waals surface area contributed by atoms with Gasteiger partial charge in [-0.1, -0.05) is 30.3 Å². The maximum absolute atomic E-state index is 11.6. The summed E-state index contributed by atoms with van der Waals surface area (Å²) in [5.74, 6) is -0.363. The molecular weight excluding hydrogens is 330 g/mol. The monoisotopic (exact) mass is 351 g/mol. The number of Topliss-reactive ketones (excluding diaryl/α,β-unsaturated/α-hetero) is 1. The Morgan fingerprint density at radius 3 is 1.96 bits per heavy atom. The Morgan fingerprint density at radius 2 is 1.38 bits per heavy atom. The van der Waals surface area contributed by atoms with Gasteiger partial charge >= 0.3 is 0 Å². The van der Waals surface area contributed by atoms with Crippen molar-refractivity contribution in [1.29, 1.82) is 0 Å². The van der Waals surface area contributed by atoms with Gasteiger partial charge in [-0.3, -0.25) is 19.2 Å². The van der Waals surface area contributed by atoms with Crippen molar-refractivity contribution in [2.24, 2.45) is 0 Å². The third kappa shape index (κ3) is 9.62. The van der Waals surface area contributed by atoms with Crippen LogP contribution in [-0.4, -0.2) is 48.9 Å². The van der Waals surface area contributed by atoms with Crippen LogP contribution in [0.4, 0.5) is 0 Å². The Bertz CT molecular complexity index is 578. The van der Waals surface area contributed by atoms with Gasteiger partial charge in [-0.15, -0.1) is 11.8 Å². The highest BCUT2D eigenvalue weighted by Gasteiger charge is 2.08. The summed E-state index contributed by atoms with van der Waals surface area (Å²) >= 11 is 1.45. The molecule has 0 atom stereocenters. The van der Waals surface area contributed by atoms with Crippen molar-refractivity contribution in [2.45, 2.75) is 12.7 Å². The maximum atomic E-state index is 11.6. The Morgan fingerprint density at radius 1 is 0.833 bits per heavy atom. The van der Waals surface area contributed by atoms with Gasteiger partial charge in [-0.25, -0.2) is 0 Å². The van der Waals surface area contributed by atoms with E-state index in [0.717, 1.165) is 11.3 Å². The minimum absolute atomic E-state index is 0.0654. The summed E-state index contributed by atoms with van der Waals surface area (Å²) < 4.78 is 0. The highest BCUT2D eigenvalue weighted by atomic mass is 32.2. The average Bonchev–Trinajstić information content (AvgIpc) is 2.57. The van der Waals surface area contributed by atoms with Crippen LogP contribution in [0.15, 0.2) is 30.3 Å². The minimum Gasteiger partial charge on any atom is -0.348 e. The van der Waals surface area contributed by atoms with Crippen LogP contribution in [0.5, 0.6) is 0 Å². The summed E-state index contributed by atoms with van der Waals surface area (Å²) in [6.45, 7) is 0.865. The van der Waals surface area contributed by atoms with E-state index in [1.54, 1.807) is 0 Å². The number of carbonyl (C=O) groups is 4. The molecule has 0 radical (unpaired) electrons. The van der Waals surface area contributed by atoms with E-state index in [4.69, 9.17) is 0 Å². The highest BCUT2D eigenvalue weighted by molar-refractivity contribution is 7.99. The smallest absolute Gasteiger partial charge is 0.239 e. The molecule has 0 aliphatic rings. The first-order chi connectivity index (χ1) is 11.5. The molecule has 0 fully saturated rings. The van der Waals surface area contributed by atoms with E-state index in [0.29, 0.717) is 0 Å². The molecule has 3 N–H and O–H groups in total. The first-order valence-corrected chi connectivity index (χ1v) is 8.54. The van der Waals surface area contributed by atoms with Crippen molar-refractivity contribution in [3.63, 3.8) is 0 Å². The number of thioether (sulfide) groups is 1. The minimum atomic E-state index is -0.464. The Labute approximate surface area is 144 Å². The molecule has 0 aliphatic heterocycles. The molecule has 0 aliphatic carbocycles. The predicted octanol–water partition coefficient (Wildman–Crippen LogP) is -0.143. The quantitative estimate of drug-likeness (QED) is 0.544. The maximum Gasteiger partial charge on any atom is 0.239 e. The van der Waals surface area contributed by atoms with Crippen molar-refractivity contribution < 1.29 is 19.2 Å². The third-order valence-electron chi connectivity index (χ3n) is 2.77. The number of amides is 3. The average molecular weight is 351 g/mol. The molecule has 1 aromatic rings. The van der Waals surface area contributed by atoms with Crippen molar-refractivity contribution in [3.05, 3.63) is 35.9 Å². The molecule has 3 amide bonds. The Hall–Kier alpha value is -2.35. The van der Waals surface area contributed by atoms with E-state index in [2.05, 4.69) is 16.0 Å². The fraction of sp³-hybridized carbons (Fsp3) is 0.375.